The summed E-state index contributed by atoms with van der Waals surface area (Å²) in [6.07, 6.45) is 0. The molecule has 3 rings (SSSR count). The van der Waals surface area contributed by atoms with Crippen molar-refractivity contribution in [1.82, 2.24) is 4.98 Å². The van der Waals surface area contributed by atoms with Crippen LogP contribution < -0.4 is 5.73 Å². The third kappa shape index (κ3) is 2.92. The van der Waals surface area contributed by atoms with E-state index in [9.17, 15) is 0 Å². The van der Waals surface area contributed by atoms with E-state index in [0.29, 0.717) is 5.22 Å². The summed E-state index contributed by atoms with van der Waals surface area (Å²) in [5, 5.41) is 8.12. The molecule has 0 aliphatic rings. The van der Waals surface area contributed by atoms with Gasteiger partial charge < -0.3 is 10.2 Å². The molecule has 4 nitrogen and oxygen atoms in total. The number of thioether (sulfide) groups is 1. The molecular formula is C16H15N3OS. The van der Waals surface area contributed by atoms with E-state index in [1.807, 2.05) is 49.4 Å². The van der Waals surface area contributed by atoms with Crippen LogP contribution in [0.3, 0.4) is 0 Å². The largest absolute Gasteiger partial charge is 0.431 e. The summed E-state index contributed by atoms with van der Waals surface area (Å²) in [5.41, 5.74) is 10.2. The van der Waals surface area contributed by atoms with E-state index in [0.717, 1.165) is 28.0 Å². The third-order valence-corrected chi connectivity index (χ3v) is 4.16. The molecule has 0 aliphatic heterocycles. The zero-order valence-electron chi connectivity index (χ0n) is 11.6. The quantitative estimate of drug-likeness (QED) is 0.437. The van der Waals surface area contributed by atoms with Crippen molar-refractivity contribution in [3.63, 3.8) is 0 Å². The first-order valence-electron chi connectivity index (χ1n) is 6.56. The van der Waals surface area contributed by atoms with Crippen LogP contribution in [-0.4, -0.2) is 10.8 Å². The minimum atomic E-state index is 0.0938. The summed E-state index contributed by atoms with van der Waals surface area (Å²) in [7, 11) is 0. The van der Waals surface area contributed by atoms with Gasteiger partial charge in [-0.25, -0.2) is 4.98 Å². The molecule has 1 heterocycles. The fraction of sp³-hybridized carbons (Fsp3) is 0.125. The number of rotatable bonds is 4. The molecule has 0 aliphatic carbocycles. The number of hydrogen-bond acceptors (Lipinski definition) is 4. The van der Waals surface area contributed by atoms with Crippen LogP contribution >= 0.6 is 11.8 Å². The molecule has 0 fully saturated rings. The van der Waals surface area contributed by atoms with Crippen molar-refractivity contribution in [2.24, 2.45) is 5.73 Å². The molecule has 0 saturated carbocycles. The third-order valence-electron chi connectivity index (χ3n) is 3.28. The predicted molar refractivity (Wildman–Crippen MR) is 85.8 cm³/mol. The van der Waals surface area contributed by atoms with Gasteiger partial charge in [0.15, 0.2) is 5.58 Å². The Kier molecular flexibility index (Phi) is 3.66. The highest BCUT2D eigenvalue weighted by Crippen LogP contribution is 2.27. The molecule has 5 heteroatoms. The fourth-order valence-corrected chi connectivity index (χ4v) is 2.99. The van der Waals surface area contributed by atoms with Crippen molar-refractivity contribution >= 4 is 28.7 Å². The summed E-state index contributed by atoms with van der Waals surface area (Å²) in [6, 6.07) is 13.6. The maximum Gasteiger partial charge on any atom is 0.257 e. The molecule has 0 spiro atoms. The first-order chi connectivity index (χ1) is 10.1. The maximum atomic E-state index is 7.45. The Labute approximate surface area is 126 Å². The van der Waals surface area contributed by atoms with Crippen LogP contribution in [0.4, 0.5) is 0 Å². The zero-order chi connectivity index (χ0) is 14.8. The summed E-state index contributed by atoms with van der Waals surface area (Å²) in [6.45, 7) is 2.02. The second-order valence-electron chi connectivity index (χ2n) is 4.79. The number of aryl methyl sites for hydroxylation is 1. The van der Waals surface area contributed by atoms with Crippen molar-refractivity contribution in [2.45, 2.75) is 17.9 Å². The lowest BCUT2D eigenvalue weighted by Gasteiger charge is -2.06. The number of nitrogens with zero attached hydrogens (tertiary/aromatic N) is 1. The van der Waals surface area contributed by atoms with E-state index >= 15 is 0 Å². The van der Waals surface area contributed by atoms with Gasteiger partial charge in [-0.05, 0) is 36.2 Å². The normalized spacial score (nSPS) is 10.9. The molecule has 0 amide bonds. The lowest BCUT2D eigenvalue weighted by atomic mass is 10.1. The zero-order valence-corrected chi connectivity index (χ0v) is 12.4. The number of nitrogen functional groups attached to an aromatic ring is 1. The van der Waals surface area contributed by atoms with Crippen LogP contribution in [-0.2, 0) is 5.75 Å². The van der Waals surface area contributed by atoms with Crippen molar-refractivity contribution in [3.05, 3.63) is 59.2 Å². The molecule has 106 valence electrons. The Morgan fingerprint density at radius 1 is 1.29 bits per heavy atom. The van der Waals surface area contributed by atoms with Crippen LogP contribution in [0.1, 0.15) is 16.7 Å². The van der Waals surface area contributed by atoms with Gasteiger partial charge in [0.25, 0.3) is 5.22 Å². The number of para-hydroxylation sites is 2. The molecule has 0 bridgehead atoms. The standard InChI is InChI=1S/C16H15N3OS/c1-10-8-11(15(17)18)6-7-12(10)9-21-16-19-13-4-2-3-5-14(13)20-16/h2-8H,9H2,1H3,(H3,17,18). The Bertz CT molecular complexity index is 777. The van der Waals surface area contributed by atoms with E-state index in [1.165, 1.54) is 5.56 Å². The van der Waals surface area contributed by atoms with Gasteiger partial charge in [-0.1, -0.05) is 36.0 Å². The van der Waals surface area contributed by atoms with Gasteiger partial charge in [-0.2, -0.15) is 0 Å². The molecule has 3 aromatic rings. The van der Waals surface area contributed by atoms with Crippen LogP contribution in [0, 0.1) is 12.3 Å². The van der Waals surface area contributed by atoms with Gasteiger partial charge in [0.2, 0.25) is 0 Å². The second-order valence-corrected chi connectivity index (χ2v) is 5.72. The summed E-state index contributed by atoms with van der Waals surface area (Å²) in [5.74, 6) is 0.868. The van der Waals surface area contributed by atoms with Crippen molar-refractivity contribution in [1.29, 1.82) is 5.41 Å². The average Bonchev–Trinajstić information content (AvgIpc) is 2.88. The van der Waals surface area contributed by atoms with Gasteiger partial charge in [0.1, 0.15) is 11.4 Å². The number of amidine groups is 1. The molecule has 2 aromatic carbocycles. The Morgan fingerprint density at radius 3 is 2.81 bits per heavy atom. The Hall–Kier alpha value is -2.27. The van der Waals surface area contributed by atoms with Crippen LogP contribution in [0.15, 0.2) is 52.1 Å². The van der Waals surface area contributed by atoms with Crippen LogP contribution in [0.2, 0.25) is 0 Å². The van der Waals surface area contributed by atoms with Gasteiger partial charge >= 0.3 is 0 Å². The fourth-order valence-electron chi connectivity index (χ4n) is 2.08. The number of hydrogen-bond donors (Lipinski definition) is 2. The minimum Gasteiger partial charge on any atom is -0.431 e. The molecule has 0 saturated heterocycles. The monoisotopic (exact) mass is 297 g/mol. The molecule has 0 radical (unpaired) electrons. The van der Waals surface area contributed by atoms with Crippen LogP contribution in [0.25, 0.3) is 11.1 Å². The second kappa shape index (κ2) is 5.61. The van der Waals surface area contributed by atoms with Gasteiger partial charge in [-0.3, -0.25) is 5.41 Å². The molecule has 1 aromatic heterocycles. The smallest absolute Gasteiger partial charge is 0.257 e. The van der Waals surface area contributed by atoms with Crippen LogP contribution in [0.5, 0.6) is 0 Å². The lowest BCUT2D eigenvalue weighted by Crippen LogP contribution is -2.11. The topological polar surface area (TPSA) is 75.9 Å². The summed E-state index contributed by atoms with van der Waals surface area (Å²) >= 11 is 1.56. The highest BCUT2D eigenvalue weighted by atomic mass is 32.2. The first-order valence-corrected chi connectivity index (χ1v) is 7.54. The van der Waals surface area contributed by atoms with E-state index in [4.69, 9.17) is 15.6 Å². The van der Waals surface area contributed by atoms with Crippen molar-refractivity contribution < 1.29 is 4.42 Å². The predicted octanol–water partition coefficient (Wildman–Crippen LogP) is 3.71. The average molecular weight is 297 g/mol. The van der Waals surface area contributed by atoms with E-state index < -0.39 is 0 Å². The number of nitrogens with two attached hydrogens (primary N) is 1. The molecule has 21 heavy (non-hydrogen) atoms. The van der Waals surface area contributed by atoms with E-state index in [1.54, 1.807) is 11.8 Å². The molecule has 0 unspecified atom stereocenters. The van der Waals surface area contributed by atoms with E-state index in [-0.39, 0.29) is 5.84 Å². The Morgan fingerprint density at radius 2 is 2.10 bits per heavy atom. The van der Waals surface area contributed by atoms with Crippen molar-refractivity contribution in [2.75, 3.05) is 0 Å². The highest BCUT2D eigenvalue weighted by Gasteiger charge is 2.08. The van der Waals surface area contributed by atoms with Crippen molar-refractivity contribution in [3.8, 4) is 0 Å². The van der Waals surface area contributed by atoms with Gasteiger partial charge in [0.05, 0.1) is 0 Å². The van der Waals surface area contributed by atoms with Gasteiger partial charge in [-0.15, -0.1) is 0 Å². The summed E-state index contributed by atoms with van der Waals surface area (Å²) in [4.78, 5) is 4.45. The Balaban J connectivity index is 1.76. The number of aromatic nitrogens is 1. The van der Waals surface area contributed by atoms with E-state index in [2.05, 4.69) is 4.98 Å². The highest BCUT2D eigenvalue weighted by molar-refractivity contribution is 7.98. The van der Waals surface area contributed by atoms with Gasteiger partial charge in [0, 0.05) is 11.3 Å². The number of fused-ring (bicyclic) bond motifs is 1. The first kappa shape index (κ1) is 13.7. The minimum absolute atomic E-state index is 0.0938. The number of oxazole rings is 1. The maximum absolute atomic E-state index is 7.45. The molecule has 0 atom stereocenters. The number of nitrogens with one attached hydrogen (secondary N) is 1. The number of benzene rings is 2. The SMILES string of the molecule is Cc1cc(C(=N)N)ccc1CSc1nc2ccccc2o1. The molecule has 3 N–H and O–H groups in total. The summed E-state index contributed by atoms with van der Waals surface area (Å²) < 4.78 is 5.69. The molecular weight excluding hydrogens is 282 g/mol. The lowest BCUT2D eigenvalue weighted by molar-refractivity contribution is 0.489.